The van der Waals surface area contributed by atoms with Crippen LogP contribution in [0, 0.1) is 0 Å². The van der Waals surface area contributed by atoms with Crippen LogP contribution in [0.2, 0.25) is 0 Å². The summed E-state index contributed by atoms with van der Waals surface area (Å²) in [5, 5.41) is 18.8. The van der Waals surface area contributed by atoms with Crippen LogP contribution in [-0.2, 0) is 32.4 Å². The second kappa shape index (κ2) is 9.05. The van der Waals surface area contributed by atoms with Crippen molar-refractivity contribution in [2.45, 2.75) is 53.1 Å². The number of nitrogens with zero attached hydrogens (tertiary/aromatic N) is 5. The molecule has 0 amide bonds. The van der Waals surface area contributed by atoms with Gasteiger partial charge >= 0.3 is 0 Å². The summed E-state index contributed by atoms with van der Waals surface area (Å²) >= 11 is 0. The van der Waals surface area contributed by atoms with E-state index in [-0.39, 0.29) is 0 Å². The highest BCUT2D eigenvalue weighted by atomic mass is 16.5. The number of nitrogens with one attached hydrogen (secondary N) is 2. The Kier molecular flexibility index (Phi) is 6.77. The predicted molar refractivity (Wildman–Crippen MR) is 92.9 cm³/mol. The third-order valence-electron chi connectivity index (χ3n) is 3.92. The Morgan fingerprint density at radius 3 is 2.71 bits per heavy atom. The summed E-state index contributed by atoms with van der Waals surface area (Å²) in [5.41, 5.74) is 2.14. The van der Waals surface area contributed by atoms with Crippen molar-refractivity contribution in [1.29, 1.82) is 0 Å². The van der Waals surface area contributed by atoms with Gasteiger partial charge in [-0.15, -0.1) is 10.2 Å². The van der Waals surface area contributed by atoms with Crippen molar-refractivity contribution in [2.24, 2.45) is 4.99 Å². The van der Waals surface area contributed by atoms with E-state index in [0.717, 1.165) is 61.2 Å². The van der Waals surface area contributed by atoms with Crippen LogP contribution < -0.4 is 10.6 Å². The Morgan fingerprint density at radius 1 is 1.21 bits per heavy atom. The molecule has 0 aliphatic carbocycles. The first-order chi connectivity index (χ1) is 11.7. The summed E-state index contributed by atoms with van der Waals surface area (Å²) in [6, 6.07) is 0. The number of aromatic nitrogens is 4. The van der Waals surface area contributed by atoms with Gasteiger partial charge in [-0.25, -0.2) is 0 Å². The van der Waals surface area contributed by atoms with Gasteiger partial charge < -0.3 is 19.7 Å². The standard InChI is InChI=1S/C16H27N7O/c1-5-13-12(14(6-2)24-22-13)10-19-16(17-4)18-8-9-23-11-20-21-15(23)7-3/h11H,5-10H2,1-4H3,(H2,17,18,19). The first-order valence-corrected chi connectivity index (χ1v) is 8.50. The molecule has 2 N–H and O–H groups in total. The monoisotopic (exact) mass is 333 g/mol. The lowest BCUT2D eigenvalue weighted by Gasteiger charge is -2.13. The summed E-state index contributed by atoms with van der Waals surface area (Å²) in [7, 11) is 1.76. The molecule has 2 rings (SSSR count). The lowest BCUT2D eigenvalue weighted by Crippen LogP contribution is -2.38. The maximum Gasteiger partial charge on any atom is 0.191 e. The quantitative estimate of drug-likeness (QED) is 0.559. The molecule has 0 fully saturated rings. The zero-order chi connectivity index (χ0) is 17.4. The molecule has 0 spiro atoms. The zero-order valence-electron chi connectivity index (χ0n) is 15.0. The van der Waals surface area contributed by atoms with Crippen LogP contribution in [-0.4, -0.2) is 39.5 Å². The second-order valence-electron chi connectivity index (χ2n) is 5.38. The summed E-state index contributed by atoms with van der Waals surface area (Å²) in [4.78, 5) is 4.26. The number of rotatable bonds is 8. The van der Waals surface area contributed by atoms with E-state index >= 15 is 0 Å². The Hall–Kier alpha value is -2.38. The molecule has 2 aromatic heterocycles. The highest BCUT2D eigenvalue weighted by molar-refractivity contribution is 5.79. The fourth-order valence-corrected chi connectivity index (χ4v) is 2.56. The first kappa shape index (κ1) is 18.0. The minimum Gasteiger partial charge on any atom is -0.361 e. The highest BCUT2D eigenvalue weighted by Crippen LogP contribution is 2.15. The van der Waals surface area contributed by atoms with Crippen LogP contribution in [0.1, 0.15) is 43.6 Å². The van der Waals surface area contributed by atoms with Crippen molar-refractivity contribution in [3.63, 3.8) is 0 Å². The first-order valence-electron chi connectivity index (χ1n) is 8.50. The molecule has 0 radical (unpaired) electrons. The third-order valence-corrected chi connectivity index (χ3v) is 3.92. The van der Waals surface area contributed by atoms with Gasteiger partial charge in [-0.05, 0) is 6.42 Å². The van der Waals surface area contributed by atoms with Gasteiger partial charge in [0, 0.05) is 45.1 Å². The number of hydrogen-bond acceptors (Lipinski definition) is 5. The van der Waals surface area contributed by atoms with E-state index in [2.05, 4.69) is 51.8 Å². The van der Waals surface area contributed by atoms with Crippen LogP contribution in [0.3, 0.4) is 0 Å². The molecule has 0 aliphatic rings. The van der Waals surface area contributed by atoms with Gasteiger partial charge in [0.1, 0.15) is 17.9 Å². The number of aliphatic imine (C=N–C) groups is 1. The minimum absolute atomic E-state index is 0.655. The predicted octanol–water partition coefficient (Wildman–Crippen LogP) is 1.32. The van der Waals surface area contributed by atoms with Gasteiger partial charge in [0.2, 0.25) is 0 Å². The largest absolute Gasteiger partial charge is 0.361 e. The summed E-state index contributed by atoms with van der Waals surface area (Å²) in [5.74, 6) is 2.68. The number of hydrogen-bond donors (Lipinski definition) is 2. The van der Waals surface area contributed by atoms with Crippen molar-refractivity contribution in [3.05, 3.63) is 29.2 Å². The Bertz CT molecular complexity index is 638. The fraction of sp³-hybridized carbons (Fsp3) is 0.625. The van der Waals surface area contributed by atoms with Crippen LogP contribution in [0.5, 0.6) is 0 Å². The fourth-order valence-electron chi connectivity index (χ4n) is 2.56. The summed E-state index contributed by atoms with van der Waals surface area (Å²) < 4.78 is 7.44. The SMILES string of the molecule is CCc1noc(CC)c1CNC(=NC)NCCn1cnnc1CC. The van der Waals surface area contributed by atoms with Crippen LogP contribution in [0.25, 0.3) is 0 Å². The van der Waals surface area contributed by atoms with E-state index < -0.39 is 0 Å². The van der Waals surface area contributed by atoms with Gasteiger partial charge in [-0.3, -0.25) is 4.99 Å². The number of guanidine groups is 1. The second-order valence-corrected chi connectivity index (χ2v) is 5.38. The Labute approximate surface area is 142 Å². The zero-order valence-corrected chi connectivity index (χ0v) is 15.0. The molecule has 8 heteroatoms. The molecule has 0 aliphatic heterocycles. The topological polar surface area (TPSA) is 93.2 Å². The van der Waals surface area contributed by atoms with Crippen LogP contribution in [0.4, 0.5) is 0 Å². The van der Waals surface area contributed by atoms with Crippen molar-refractivity contribution < 1.29 is 4.52 Å². The molecule has 0 unspecified atom stereocenters. The van der Waals surface area contributed by atoms with Crippen LogP contribution in [0.15, 0.2) is 15.8 Å². The van der Waals surface area contributed by atoms with Gasteiger partial charge in [0.05, 0.1) is 5.69 Å². The molecule has 0 saturated carbocycles. The lowest BCUT2D eigenvalue weighted by atomic mass is 10.1. The maximum atomic E-state index is 5.39. The van der Waals surface area contributed by atoms with E-state index in [1.807, 2.05) is 4.57 Å². The Morgan fingerprint density at radius 2 is 2.04 bits per heavy atom. The average Bonchev–Trinajstić information content (AvgIpc) is 3.23. The van der Waals surface area contributed by atoms with Crippen molar-refractivity contribution in [1.82, 2.24) is 30.6 Å². The number of aryl methyl sites for hydroxylation is 3. The van der Waals surface area contributed by atoms with Crippen molar-refractivity contribution in [2.75, 3.05) is 13.6 Å². The molecule has 132 valence electrons. The molecule has 8 nitrogen and oxygen atoms in total. The van der Waals surface area contributed by atoms with Crippen molar-refractivity contribution >= 4 is 5.96 Å². The lowest BCUT2D eigenvalue weighted by molar-refractivity contribution is 0.380. The van der Waals surface area contributed by atoms with E-state index in [9.17, 15) is 0 Å². The van der Waals surface area contributed by atoms with E-state index in [4.69, 9.17) is 4.52 Å². The van der Waals surface area contributed by atoms with Gasteiger partial charge in [0.25, 0.3) is 0 Å². The molecule has 2 heterocycles. The molecule has 0 saturated heterocycles. The van der Waals surface area contributed by atoms with Crippen LogP contribution >= 0.6 is 0 Å². The molecular formula is C16H27N7O. The smallest absolute Gasteiger partial charge is 0.191 e. The molecule has 0 atom stereocenters. The molecule has 2 aromatic rings. The van der Waals surface area contributed by atoms with E-state index in [0.29, 0.717) is 6.54 Å². The van der Waals surface area contributed by atoms with E-state index in [1.165, 1.54) is 0 Å². The van der Waals surface area contributed by atoms with Crippen molar-refractivity contribution in [3.8, 4) is 0 Å². The van der Waals surface area contributed by atoms with E-state index in [1.54, 1.807) is 13.4 Å². The van der Waals surface area contributed by atoms with Gasteiger partial charge in [-0.2, -0.15) is 0 Å². The highest BCUT2D eigenvalue weighted by Gasteiger charge is 2.13. The third kappa shape index (κ3) is 4.33. The Balaban J connectivity index is 1.86. The molecular weight excluding hydrogens is 306 g/mol. The molecule has 24 heavy (non-hydrogen) atoms. The summed E-state index contributed by atoms with van der Waals surface area (Å²) in [6.07, 6.45) is 4.33. The normalized spacial score (nSPS) is 11.8. The van der Waals surface area contributed by atoms with Gasteiger partial charge in [0.15, 0.2) is 5.96 Å². The molecule has 0 aromatic carbocycles. The van der Waals surface area contributed by atoms with Gasteiger partial charge in [-0.1, -0.05) is 25.9 Å². The summed E-state index contributed by atoms with van der Waals surface area (Å²) in [6.45, 7) is 8.42. The minimum atomic E-state index is 0.655. The average molecular weight is 333 g/mol. The maximum absolute atomic E-state index is 5.39. The molecule has 0 bridgehead atoms.